The largest absolute Gasteiger partial charge is 0.411 e. The van der Waals surface area contributed by atoms with Gasteiger partial charge in [0.25, 0.3) is 0 Å². The highest BCUT2D eigenvalue weighted by molar-refractivity contribution is 5.80. The van der Waals surface area contributed by atoms with Gasteiger partial charge in [-0.05, 0) is 16.7 Å². The van der Waals surface area contributed by atoms with Crippen molar-refractivity contribution in [3.8, 4) is 11.1 Å². The molecule has 0 heterocycles. The Labute approximate surface area is 88.5 Å². The number of benzene rings is 2. The lowest BCUT2D eigenvalue weighted by Gasteiger charge is -2.00. The summed E-state index contributed by atoms with van der Waals surface area (Å²) in [6, 6.07) is 18.0. The van der Waals surface area contributed by atoms with Crippen molar-refractivity contribution in [3.05, 3.63) is 60.2 Å². The Hall–Kier alpha value is -2.09. The van der Waals surface area contributed by atoms with E-state index < -0.39 is 0 Å². The van der Waals surface area contributed by atoms with E-state index in [1.165, 1.54) is 11.8 Å². The maximum absolute atomic E-state index is 8.38. The molecule has 0 radical (unpaired) electrons. The van der Waals surface area contributed by atoms with Crippen molar-refractivity contribution in [2.45, 2.75) is 0 Å². The fourth-order valence-corrected chi connectivity index (χ4v) is 1.46. The topological polar surface area (TPSA) is 32.6 Å². The molecule has 0 unspecified atom stereocenters. The maximum Gasteiger partial charge on any atom is 0.0733 e. The molecular formula is C13H11NO. The number of hydrogen-bond acceptors (Lipinski definition) is 2. The smallest absolute Gasteiger partial charge is 0.0733 e. The maximum atomic E-state index is 8.38. The second-order valence-corrected chi connectivity index (χ2v) is 3.23. The van der Waals surface area contributed by atoms with Crippen molar-refractivity contribution in [2.75, 3.05) is 0 Å². The van der Waals surface area contributed by atoms with E-state index in [4.69, 9.17) is 5.21 Å². The van der Waals surface area contributed by atoms with Gasteiger partial charge in [-0.1, -0.05) is 59.8 Å². The van der Waals surface area contributed by atoms with Crippen LogP contribution in [0.1, 0.15) is 5.56 Å². The molecule has 2 aromatic rings. The summed E-state index contributed by atoms with van der Waals surface area (Å²) in [6.45, 7) is 0. The van der Waals surface area contributed by atoms with Gasteiger partial charge in [0.05, 0.1) is 6.21 Å². The molecule has 2 heteroatoms. The van der Waals surface area contributed by atoms with E-state index in [9.17, 15) is 0 Å². The summed E-state index contributed by atoms with van der Waals surface area (Å²) < 4.78 is 0. The molecule has 0 amide bonds. The first kappa shape index (κ1) is 9.46. The number of rotatable bonds is 2. The highest BCUT2D eigenvalue weighted by Gasteiger charge is 1.95. The average Bonchev–Trinajstić information content (AvgIpc) is 2.32. The monoisotopic (exact) mass is 197 g/mol. The van der Waals surface area contributed by atoms with Crippen molar-refractivity contribution < 1.29 is 5.21 Å². The van der Waals surface area contributed by atoms with Crippen LogP contribution in [0.5, 0.6) is 0 Å². The van der Waals surface area contributed by atoms with Gasteiger partial charge in [0.1, 0.15) is 0 Å². The standard InChI is InChI=1S/C13H11NO/c15-14-10-11-6-8-13(9-7-11)12-4-2-1-3-5-12/h1-10,15H/b14-10+. The van der Waals surface area contributed by atoms with Crippen LogP contribution in [-0.4, -0.2) is 11.4 Å². The van der Waals surface area contributed by atoms with E-state index in [0.717, 1.165) is 11.1 Å². The molecule has 1 N–H and O–H groups in total. The van der Waals surface area contributed by atoms with Crippen LogP contribution in [0.15, 0.2) is 59.8 Å². The third-order valence-corrected chi connectivity index (χ3v) is 2.22. The summed E-state index contributed by atoms with van der Waals surface area (Å²) in [6.07, 6.45) is 1.41. The average molecular weight is 197 g/mol. The predicted molar refractivity (Wildman–Crippen MR) is 61.3 cm³/mol. The lowest BCUT2D eigenvalue weighted by molar-refractivity contribution is 0.322. The minimum atomic E-state index is 0.886. The zero-order valence-electron chi connectivity index (χ0n) is 8.17. The summed E-state index contributed by atoms with van der Waals surface area (Å²) in [7, 11) is 0. The van der Waals surface area contributed by atoms with Gasteiger partial charge in [-0.15, -0.1) is 0 Å². The van der Waals surface area contributed by atoms with Crippen LogP contribution in [0.2, 0.25) is 0 Å². The second kappa shape index (κ2) is 4.42. The number of hydrogen-bond donors (Lipinski definition) is 1. The van der Waals surface area contributed by atoms with Crippen molar-refractivity contribution in [2.24, 2.45) is 5.16 Å². The lowest BCUT2D eigenvalue weighted by atomic mass is 10.0. The summed E-state index contributed by atoms with van der Waals surface area (Å²) in [5.41, 5.74) is 3.23. The van der Waals surface area contributed by atoms with Crippen LogP contribution in [0.4, 0.5) is 0 Å². The van der Waals surface area contributed by atoms with Crippen LogP contribution < -0.4 is 0 Å². The van der Waals surface area contributed by atoms with E-state index in [2.05, 4.69) is 17.3 Å². The fraction of sp³-hybridized carbons (Fsp3) is 0. The molecule has 15 heavy (non-hydrogen) atoms. The number of oxime groups is 1. The molecule has 0 saturated carbocycles. The van der Waals surface area contributed by atoms with Crippen molar-refractivity contribution >= 4 is 6.21 Å². The Bertz CT molecular complexity index is 446. The molecule has 2 aromatic carbocycles. The molecule has 0 spiro atoms. The Kier molecular flexibility index (Phi) is 2.79. The van der Waals surface area contributed by atoms with Crippen LogP contribution in [0.3, 0.4) is 0 Å². The first-order chi connectivity index (χ1) is 7.40. The molecule has 0 atom stereocenters. The van der Waals surface area contributed by atoms with Gasteiger partial charge in [-0.25, -0.2) is 0 Å². The van der Waals surface area contributed by atoms with Gasteiger partial charge in [-0.2, -0.15) is 0 Å². The molecular weight excluding hydrogens is 186 g/mol. The summed E-state index contributed by atoms with van der Waals surface area (Å²) in [4.78, 5) is 0. The lowest BCUT2D eigenvalue weighted by Crippen LogP contribution is -1.81. The third-order valence-electron chi connectivity index (χ3n) is 2.22. The van der Waals surface area contributed by atoms with Gasteiger partial charge in [0.15, 0.2) is 0 Å². The Balaban J connectivity index is 2.32. The first-order valence-electron chi connectivity index (χ1n) is 4.73. The third kappa shape index (κ3) is 2.23. The van der Waals surface area contributed by atoms with Crippen LogP contribution >= 0.6 is 0 Å². The highest BCUT2D eigenvalue weighted by Crippen LogP contribution is 2.18. The van der Waals surface area contributed by atoms with Crippen LogP contribution in [0, 0.1) is 0 Å². The molecule has 0 saturated heterocycles. The molecule has 0 aliphatic rings. The molecule has 0 bridgehead atoms. The van der Waals surface area contributed by atoms with E-state index in [1.54, 1.807) is 0 Å². The highest BCUT2D eigenvalue weighted by atomic mass is 16.4. The van der Waals surface area contributed by atoms with E-state index in [1.807, 2.05) is 42.5 Å². The fourth-order valence-electron chi connectivity index (χ4n) is 1.46. The molecule has 2 nitrogen and oxygen atoms in total. The van der Waals surface area contributed by atoms with Gasteiger partial charge in [-0.3, -0.25) is 0 Å². The summed E-state index contributed by atoms with van der Waals surface area (Å²) in [5.74, 6) is 0. The molecule has 2 rings (SSSR count). The Morgan fingerprint density at radius 3 is 2.00 bits per heavy atom. The second-order valence-electron chi connectivity index (χ2n) is 3.23. The molecule has 0 aliphatic carbocycles. The quantitative estimate of drug-likeness (QED) is 0.447. The van der Waals surface area contributed by atoms with Gasteiger partial charge >= 0.3 is 0 Å². The van der Waals surface area contributed by atoms with Gasteiger partial charge in [0.2, 0.25) is 0 Å². The normalized spacial score (nSPS) is 10.7. The summed E-state index contributed by atoms with van der Waals surface area (Å²) in [5, 5.41) is 11.4. The van der Waals surface area contributed by atoms with Crippen LogP contribution in [0.25, 0.3) is 11.1 Å². The zero-order valence-corrected chi connectivity index (χ0v) is 8.17. The molecule has 0 aromatic heterocycles. The molecule has 0 fully saturated rings. The Morgan fingerprint density at radius 1 is 0.800 bits per heavy atom. The van der Waals surface area contributed by atoms with Crippen molar-refractivity contribution in [3.63, 3.8) is 0 Å². The summed E-state index contributed by atoms with van der Waals surface area (Å²) >= 11 is 0. The zero-order chi connectivity index (χ0) is 10.5. The van der Waals surface area contributed by atoms with Gasteiger partial charge < -0.3 is 5.21 Å². The van der Waals surface area contributed by atoms with Crippen molar-refractivity contribution in [1.29, 1.82) is 0 Å². The molecule has 74 valence electrons. The molecule has 0 aliphatic heterocycles. The minimum absolute atomic E-state index is 0.886. The van der Waals surface area contributed by atoms with Crippen molar-refractivity contribution in [1.82, 2.24) is 0 Å². The minimum Gasteiger partial charge on any atom is -0.411 e. The predicted octanol–water partition coefficient (Wildman–Crippen LogP) is 3.16. The van der Waals surface area contributed by atoms with E-state index >= 15 is 0 Å². The first-order valence-corrected chi connectivity index (χ1v) is 4.73. The number of nitrogens with zero attached hydrogens (tertiary/aromatic N) is 1. The SMILES string of the molecule is O/N=C/c1ccc(-c2ccccc2)cc1. The Morgan fingerprint density at radius 2 is 1.40 bits per heavy atom. The van der Waals surface area contributed by atoms with Gasteiger partial charge in [0, 0.05) is 0 Å². The van der Waals surface area contributed by atoms with E-state index in [0.29, 0.717) is 0 Å². The van der Waals surface area contributed by atoms with Crippen LogP contribution in [-0.2, 0) is 0 Å². The van der Waals surface area contributed by atoms with E-state index in [-0.39, 0.29) is 0 Å².